The number of urea groups is 1. The molecule has 0 radical (unpaired) electrons. The van der Waals surface area contributed by atoms with Crippen molar-refractivity contribution < 1.29 is 14.7 Å². The van der Waals surface area contributed by atoms with Crippen LogP contribution in [-0.4, -0.2) is 23.7 Å². The molecule has 0 saturated heterocycles. The van der Waals surface area contributed by atoms with Crippen LogP contribution in [0.4, 0.5) is 10.5 Å². The molecule has 0 spiro atoms. The third-order valence-corrected chi connectivity index (χ3v) is 3.20. The molecule has 5 nitrogen and oxygen atoms in total. The first-order valence-electron chi connectivity index (χ1n) is 6.36. The molecule has 0 aromatic heterocycles. The molecule has 3 N–H and O–H groups in total. The van der Waals surface area contributed by atoms with Gasteiger partial charge in [0, 0.05) is 6.54 Å². The number of aryl methyl sites for hydroxylation is 2. The molecule has 1 fully saturated rings. The second kappa shape index (κ2) is 5.30. The first-order valence-corrected chi connectivity index (χ1v) is 6.36. The highest BCUT2D eigenvalue weighted by atomic mass is 16.4. The van der Waals surface area contributed by atoms with Crippen LogP contribution in [0.25, 0.3) is 0 Å². The van der Waals surface area contributed by atoms with Crippen LogP contribution in [-0.2, 0) is 0 Å². The topological polar surface area (TPSA) is 78.4 Å². The van der Waals surface area contributed by atoms with E-state index in [1.165, 1.54) is 0 Å². The Hall–Kier alpha value is -2.04. The number of carbonyl (C=O) groups is 2. The molecular formula is C14H18N2O3. The van der Waals surface area contributed by atoms with E-state index in [9.17, 15) is 14.7 Å². The molecule has 1 aromatic carbocycles. The number of rotatable bonds is 4. The summed E-state index contributed by atoms with van der Waals surface area (Å²) in [5.41, 5.74) is 2.10. The number of carboxylic acids is 1. The van der Waals surface area contributed by atoms with Gasteiger partial charge in [-0.15, -0.1) is 0 Å². The number of carbonyl (C=O) groups excluding carboxylic acids is 1. The van der Waals surface area contributed by atoms with Crippen molar-refractivity contribution in [2.45, 2.75) is 26.7 Å². The molecular weight excluding hydrogens is 244 g/mol. The van der Waals surface area contributed by atoms with Gasteiger partial charge in [-0.3, -0.25) is 0 Å². The average molecular weight is 262 g/mol. The van der Waals surface area contributed by atoms with Crippen molar-refractivity contribution in [3.63, 3.8) is 0 Å². The Labute approximate surface area is 112 Å². The molecule has 0 bridgehead atoms. The van der Waals surface area contributed by atoms with Gasteiger partial charge >= 0.3 is 12.0 Å². The van der Waals surface area contributed by atoms with E-state index in [2.05, 4.69) is 10.6 Å². The van der Waals surface area contributed by atoms with Gasteiger partial charge in [0.05, 0.1) is 11.3 Å². The highest BCUT2D eigenvalue weighted by Gasteiger charge is 2.22. The first-order chi connectivity index (χ1) is 8.97. The van der Waals surface area contributed by atoms with Gasteiger partial charge in [-0.1, -0.05) is 6.07 Å². The number of hydrogen-bond acceptors (Lipinski definition) is 2. The SMILES string of the molecule is Cc1cc(C)c(NC(=O)NCC2CC2)c(C(=O)O)c1. The van der Waals surface area contributed by atoms with Crippen molar-refractivity contribution >= 4 is 17.7 Å². The van der Waals surface area contributed by atoms with E-state index in [0.29, 0.717) is 18.2 Å². The lowest BCUT2D eigenvalue weighted by Gasteiger charge is -2.13. The number of aromatic carboxylic acids is 1. The van der Waals surface area contributed by atoms with E-state index in [1.807, 2.05) is 13.0 Å². The summed E-state index contributed by atoms with van der Waals surface area (Å²) < 4.78 is 0. The van der Waals surface area contributed by atoms with Crippen LogP contribution in [0.5, 0.6) is 0 Å². The number of nitrogens with one attached hydrogen (secondary N) is 2. The van der Waals surface area contributed by atoms with Crippen LogP contribution >= 0.6 is 0 Å². The van der Waals surface area contributed by atoms with Crippen molar-refractivity contribution in [1.29, 1.82) is 0 Å². The molecule has 0 unspecified atom stereocenters. The Kier molecular flexibility index (Phi) is 3.74. The van der Waals surface area contributed by atoms with E-state index in [4.69, 9.17) is 0 Å². The molecule has 19 heavy (non-hydrogen) atoms. The van der Waals surface area contributed by atoms with Gasteiger partial charge < -0.3 is 15.7 Å². The minimum absolute atomic E-state index is 0.124. The highest BCUT2D eigenvalue weighted by Crippen LogP contribution is 2.27. The van der Waals surface area contributed by atoms with Crippen LogP contribution in [0.15, 0.2) is 12.1 Å². The average Bonchev–Trinajstić information content (AvgIpc) is 3.13. The summed E-state index contributed by atoms with van der Waals surface area (Å²) in [7, 11) is 0. The zero-order valence-corrected chi connectivity index (χ0v) is 11.1. The van der Waals surface area contributed by atoms with Crippen LogP contribution in [0.2, 0.25) is 0 Å². The molecule has 2 amide bonds. The number of carboxylic acid groups (broad SMARTS) is 1. The van der Waals surface area contributed by atoms with Crippen molar-refractivity contribution in [1.82, 2.24) is 5.32 Å². The number of hydrogen-bond donors (Lipinski definition) is 3. The molecule has 0 aliphatic heterocycles. The second-order valence-electron chi connectivity index (χ2n) is 5.09. The maximum absolute atomic E-state index is 11.7. The van der Waals surface area contributed by atoms with Gasteiger partial charge in [-0.05, 0) is 49.8 Å². The standard InChI is InChI=1S/C14H18N2O3/c1-8-5-9(2)12(11(6-8)13(17)18)16-14(19)15-7-10-3-4-10/h5-6,10H,3-4,7H2,1-2H3,(H,17,18)(H2,15,16,19). The van der Waals surface area contributed by atoms with Crippen molar-refractivity contribution in [2.24, 2.45) is 5.92 Å². The lowest BCUT2D eigenvalue weighted by molar-refractivity contribution is 0.0698. The first kappa shape index (κ1) is 13.4. The molecule has 0 atom stereocenters. The van der Waals surface area contributed by atoms with E-state index < -0.39 is 5.97 Å². The van der Waals surface area contributed by atoms with E-state index in [0.717, 1.165) is 24.0 Å². The van der Waals surface area contributed by atoms with Crippen LogP contribution in [0.1, 0.15) is 34.3 Å². The van der Waals surface area contributed by atoms with Gasteiger partial charge in [0.25, 0.3) is 0 Å². The second-order valence-corrected chi connectivity index (χ2v) is 5.09. The van der Waals surface area contributed by atoms with Gasteiger partial charge in [-0.2, -0.15) is 0 Å². The van der Waals surface area contributed by atoms with Gasteiger partial charge in [0.15, 0.2) is 0 Å². The Balaban J connectivity index is 2.13. The smallest absolute Gasteiger partial charge is 0.337 e. The zero-order chi connectivity index (χ0) is 14.0. The van der Waals surface area contributed by atoms with Crippen molar-refractivity contribution in [3.8, 4) is 0 Å². The maximum Gasteiger partial charge on any atom is 0.337 e. The zero-order valence-electron chi connectivity index (χ0n) is 11.1. The number of anilines is 1. The Morgan fingerprint density at radius 1 is 1.32 bits per heavy atom. The Morgan fingerprint density at radius 3 is 2.58 bits per heavy atom. The minimum atomic E-state index is -1.04. The molecule has 1 aliphatic rings. The number of amides is 2. The van der Waals surface area contributed by atoms with E-state index in [1.54, 1.807) is 13.0 Å². The predicted octanol–water partition coefficient (Wildman–Crippen LogP) is 2.53. The molecule has 5 heteroatoms. The Bertz CT molecular complexity index is 522. The maximum atomic E-state index is 11.7. The van der Waals surface area contributed by atoms with Gasteiger partial charge in [-0.25, -0.2) is 9.59 Å². The molecule has 1 saturated carbocycles. The highest BCUT2D eigenvalue weighted by molar-refractivity contribution is 6.01. The molecule has 1 aromatic rings. The van der Waals surface area contributed by atoms with Crippen LogP contribution in [0.3, 0.4) is 0 Å². The van der Waals surface area contributed by atoms with Crippen LogP contribution < -0.4 is 10.6 Å². The van der Waals surface area contributed by atoms with Gasteiger partial charge in [0.2, 0.25) is 0 Å². The summed E-state index contributed by atoms with van der Waals surface area (Å²) in [4.78, 5) is 23.0. The van der Waals surface area contributed by atoms with Crippen LogP contribution in [0, 0.1) is 19.8 Å². The summed E-state index contributed by atoms with van der Waals surface area (Å²) >= 11 is 0. The fourth-order valence-electron chi connectivity index (χ4n) is 2.02. The van der Waals surface area contributed by atoms with E-state index >= 15 is 0 Å². The van der Waals surface area contributed by atoms with Crippen molar-refractivity contribution in [2.75, 3.05) is 11.9 Å². The summed E-state index contributed by atoms with van der Waals surface area (Å²) in [6, 6.07) is 3.07. The lowest BCUT2D eigenvalue weighted by atomic mass is 10.0. The fraction of sp³-hybridized carbons (Fsp3) is 0.429. The molecule has 2 rings (SSSR count). The predicted molar refractivity (Wildman–Crippen MR) is 72.6 cm³/mol. The van der Waals surface area contributed by atoms with E-state index in [-0.39, 0.29) is 11.6 Å². The summed E-state index contributed by atoms with van der Waals surface area (Å²) in [5.74, 6) is -0.451. The third-order valence-electron chi connectivity index (χ3n) is 3.20. The largest absolute Gasteiger partial charge is 0.478 e. The van der Waals surface area contributed by atoms with Gasteiger partial charge in [0.1, 0.15) is 0 Å². The molecule has 1 aliphatic carbocycles. The number of benzene rings is 1. The molecule has 102 valence electrons. The summed E-state index contributed by atoms with van der Waals surface area (Å²) in [6.45, 7) is 4.27. The quantitative estimate of drug-likeness (QED) is 0.780. The third kappa shape index (κ3) is 3.47. The monoisotopic (exact) mass is 262 g/mol. The minimum Gasteiger partial charge on any atom is -0.478 e. The lowest BCUT2D eigenvalue weighted by Crippen LogP contribution is -2.31. The normalized spacial score (nSPS) is 14.0. The summed E-state index contributed by atoms with van der Waals surface area (Å²) in [5, 5.41) is 14.6. The van der Waals surface area contributed by atoms with Crippen molar-refractivity contribution in [3.05, 3.63) is 28.8 Å². The summed E-state index contributed by atoms with van der Waals surface area (Å²) in [6.07, 6.45) is 2.31. The molecule has 0 heterocycles. The fourth-order valence-corrected chi connectivity index (χ4v) is 2.02. The Morgan fingerprint density at radius 2 is 2.00 bits per heavy atom.